The van der Waals surface area contributed by atoms with E-state index in [2.05, 4.69) is 25.8 Å². The number of hydrogen-bond acceptors (Lipinski definition) is 7. The van der Waals surface area contributed by atoms with Crippen LogP contribution in [-0.2, 0) is 27.9 Å². The van der Waals surface area contributed by atoms with Crippen molar-refractivity contribution in [2.75, 3.05) is 11.9 Å². The molecule has 10 nitrogen and oxygen atoms in total. The summed E-state index contributed by atoms with van der Waals surface area (Å²) < 4.78 is 6.66. The topological polar surface area (TPSA) is 117 Å². The van der Waals surface area contributed by atoms with E-state index in [4.69, 9.17) is 4.74 Å². The summed E-state index contributed by atoms with van der Waals surface area (Å²) in [6.07, 6.45) is 0. The first-order chi connectivity index (χ1) is 13.3. The molecule has 1 N–H and O–H groups in total. The van der Waals surface area contributed by atoms with Crippen LogP contribution >= 0.6 is 0 Å². The highest BCUT2D eigenvalue weighted by Crippen LogP contribution is 2.18. The van der Waals surface area contributed by atoms with Gasteiger partial charge in [0.15, 0.2) is 13.2 Å². The van der Waals surface area contributed by atoms with Crippen molar-refractivity contribution in [3.05, 3.63) is 41.2 Å². The van der Waals surface area contributed by atoms with Gasteiger partial charge in [-0.2, -0.15) is 9.90 Å². The zero-order chi connectivity index (χ0) is 20.3. The highest BCUT2D eigenvalue weighted by atomic mass is 16.5. The molecule has 0 atom stereocenters. The minimum absolute atomic E-state index is 0.239. The third kappa shape index (κ3) is 4.40. The fourth-order valence-electron chi connectivity index (χ4n) is 2.57. The van der Waals surface area contributed by atoms with E-state index in [9.17, 15) is 9.59 Å². The van der Waals surface area contributed by atoms with Crippen LogP contribution in [0.2, 0.25) is 0 Å². The summed E-state index contributed by atoms with van der Waals surface area (Å²) >= 11 is 0. The average Bonchev–Trinajstić information content (AvgIpc) is 3.21. The van der Waals surface area contributed by atoms with Gasteiger partial charge in [0.1, 0.15) is 0 Å². The summed E-state index contributed by atoms with van der Waals surface area (Å²) in [7, 11) is 1.79. The maximum absolute atomic E-state index is 12.0. The van der Waals surface area contributed by atoms with Crippen LogP contribution in [0.3, 0.4) is 0 Å². The van der Waals surface area contributed by atoms with Gasteiger partial charge in [0.2, 0.25) is 5.82 Å². The van der Waals surface area contributed by atoms with E-state index in [1.807, 2.05) is 38.1 Å². The number of carbonyl (C=O) groups is 2. The van der Waals surface area contributed by atoms with Crippen LogP contribution in [0, 0.1) is 20.8 Å². The number of ether oxygens (including phenoxy) is 1. The molecular weight excluding hydrogens is 362 g/mol. The average molecular weight is 383 g/mol. The number of esters is 1. The zero-order valence-electron chi connectivity index (χ0n) is 16.1. The number of aromatic nitrogens is 6. The van der Waals surface area contributed by atoms with Crippen LogP contribution in [0.5, 0.6) is 0 Å². The molecule has 0 fully saturated rings. The Labute approximate surface area is 161 Å². The van der Waals surface area contributed by atoms with E-state index in [0.717, 1.165) is 21.6 Å². The van der Waals surface area contributed by atoms with Gasteiger partial charge in [0.05, 0.1) is 17.1 Å². The summed E-state index contributed by atoms with van der Waals surface area (Å²) in [5, 5.41) is 18.8. The number of tetrazole rings is 1. The van der Waals surface area contributed by atoms with Crippen LogP contribution in [-0.4, -0.2) is 48.5 Å². The predicted octanol–water partition coefficient (Wildman–Crippen LogP) is 1.18. The minimum atomic E-state index is -0.636. The van der Waals surface area contributed by atoms with Crippen molar-refractivity contribution in [1.29, 1.82) is 0 Å². The molecule has 0 aliphatic carbocycles. The Bertz CT molecular complexity index is 1000. The lowest BCUT2D eigenvalue weighted by Gasteiger charge is -2.06. The monoisotopic (exact) mass is 383 g/mol. The predicted molar refractivity (Wildman–Crippen MR) is 100 cm³/mol. The second kappa shape index (κ2) is 7.99. The molecule has 1 amide bonds. The first-order valence-electron chi connectivity index (χ1n) is 8.64. The number of aryl methyl sites for hydroxylation is 3. The molecule has 2 aromatic heterocycles. The molecule has 146 valence electrons. The quantitative estimate of drug-likeness (QED) is 0.635. The van der Waals surface area contributed by atoms with Crippen molar-refractivity contribution in [2.24, 2.45) is 7.05 Å². The van der Waals surface area contributed by atoms with Crippen LogP contribution < -0.4 is 5.32 Å². The summed E-state index contributed by atoms with van der Waals surface area (Å²) in [4.78, 5) is 25.1. The Morgan fingerprint density at radius 2 is 1.82 bits per heavy atom. The van der Waals surface area contributed by atoms with Crippen LogP contribution in [0.15, 0.2) is 24.3 Å². The van der Waals surface area contributed by atoms with Crippen LogP contribution in [0.25, 0.3) is 11.4 Å². The number of hydrogen-bond donors (Lipinski definition) is 1. The number of anilines is 1. The van der Waals surface area contributed by atoms with Gasteiger partial charge in [-0.25, -0.2) is 4.79 Å². The number of rotatable bonds is 6. The highest BCUT2D eigenvalue weighted by molar-refractivity contribution is 5.93. The molecule has 0 aliphatic heterocycles. The van der Waals surface area contributed by atoms with E-state index in [0.29, 0.717) is 17.2 Å². The van der Waals surface area contributed by atoms with Gasteiger partial charge in [0, 0.05) is 12.6 Å². The third-order valence-electron chi connectivity index (χ3n) is 4.17. The number of nitrogens with zero attached hydrogens (tertiary/aromatic N) is 6. The third-order valence-corrected chi connectivity index (χ3v) is 4.17. The Morgan fingerprint density at radius 1 is 1.11 bits per heavy atom. The van der Waals surface area contributed by atoms with Gasteiger partial charge in [-0.1, -0.05) is 29.8 Å². The van der Waals surface area contributed by atoms with Gasteiger partial charge in [0.25, 0.3) is 5.91 Å². The highest BCUT2D eigenvalue weighted by Gasteiger charge is 2.15. The lowest BCUT2D eigenvalue weighted by atomic mass is 10.1. The molecule has 0 saturated carbocycles. The lowest BCUT2D eigenvalue weighted by molar-refractivity contribution is -0.148. The normalized spacial score (nSPS) is 10.7. The lowest BCUT2D eigenvalue weighted by Crippen LogP contribution is -2.24. The van der Waals surface area contributed by atoms with Gasteiger partial charge >= 0.3 is 5.97 Å². The Hall–Kier alpha value is -3.56. The number of nitrogens with one attached hydrogen (secondary N) is 1. The largest absolute Gasteiger partial charge is 0.454 e. The molecule has 3 aromatic rings. The number of amides is 1. The SMILES string of the molecule is Cc1ccc(-c2nnn(CC(=O)OCC(=O)Nc3c(C)nn(C)c3C)n2)cc1. The summed E-state index contributed by atoms with van der Waals surface area (Å²) in [6, 6.07) is 7.63. The molecular formula is C18H21N7O3. The molecule has 0 bridgehead atoms. The van der Waals surface area contributed by atoms with E-state index in [1.54, 1.807) is 18.7 Å². The maximum Gasteiger partial charge on any atom is 0.330 e. The fraction of sp³-hybridized carbons (Fsp3) is 0.333. The van der Waals surface area contributed by atoms with Crippen molar-refractivity contribution in [3.8, 4) is 11.4 Å². The van der Waals surface area contributed by atoms with Crippen LogP contribution in [0.1, 0.15) is 17.0 Å². The zero-order valence-corrected chi connectivity index (χ0v) is 16.1. The molecule has 10 heteroatoms. The minimum Gasteiger partial charge on any atom is -0.454 e. The maximum atomic E-state index is 12.0. The van der Waals surface area contributed by atoms with Gasteiger partial charge in [-0.05, 0) is 26.0 Å². The second-order valence-electron chi connectivity index (χ2n) is 6.39. The summed E-state index contributed by atoms with van der Waals surface area (Å²) in [6.45, 7) is 4.96. The first kappa shape index (κ1) is 19.2. The van der Waals surface area contributed by atoms with E-state index in [1.165, 1.54) is 0 Å². The van der Waals surface area contributed by atoms with Crippen molar-refractivity contribution in [1.82, 2.24) is 30.0 Å². The molecule has 1 aromatic carbocycles. The molecule has 0 saturated heterocycles. The van der Waals surface area contributed by atoms with E-state index < -0.39 is 18.5 Å². The van der Waals surface area contributed by atoms with Crippen molar-refractivity contribution in [3.63, 3.8) is 0 Å². The molecule has 0 spiro atoms. The van der Waals surface area contributed by atoms with Gasteiger partial charge in [-0.3, -0.25) is 9.48 Å². The van der Waals surface area contributed by atoms with Gasteiger partial charge < -0.3 is 10.1 Å². The molecule has 28 heavy (non-hydrogen) atoms. The van der Waals surface area contributed by atoms with Crippen molar-refractivity contribution in [2.45, 2.75) is 27.3 Å². The standard InChI is InChI=1S/C18H21N7O3/c1-11-5-7-14(8-6-11)18-20-23-25(22-18)9-16(27)28-10-15(26)19-17-12(2)21-24(4)13(17)3/h5-8H,9-10H2,1-4H3,(H,19,26). The Balaban J connectivity index is 1.52. The Kier molecular flexibility index (Phi) is 5.48. The molecule has 0 radical (unpaired) electrons. The smallest absolute Gasteiger partial charge is 0.330 e. The number of carbonyl (C=O) groups excluding carboxylic acids is 2. The fourth-order valence-corrected chi connectivity index (χ4v) is 2.57. The van der Waals surface area contributed by atoms with Gasteiger partial charge in [-0.15, -0.1) is 10.2 Å². The molecule has 2 heterocycles. The molecule has 0 unspecified atom stereocenters. The number of benzene rings is 1. The first-order valence-corrected chi connectivity index (χ1v) is 8.64. The van der Waals surface area contributed by atoms with Crippen molar-refractivity contribution >= 4 is 17.6 Å². The Morgan fingerprint density at radius 3 is 2.46 bits per heavy atom. The second-order valence-corrected chi connectivity index (χ2v) is 6.39. The summed E-state index contributed by atoms with van der Waals surface area (Å²) in [5.41, 5.74) is 4.04. The van der Waals surface area contributed by atoms with Crippen molar-refractivity contribution < 1.29 is 14.3 Å². The van der Waals surface area contributed by atoms with Crippen LogP contribution in [0.4, 0.5) is 5.69 Å². The molecule has 3 rings (SSSR count). The summed E-state index contributed by atoms with van der Waals surface area (Å²) in [5.74, 6) is -0.671. The molecule has 0 aliphatic rings. The van der Waals surface area contributed by atoms with E-state index in [-0.39, 0.29) is 6.54 Å². The van der Waals surface area contributed by atoms with E-state index >= 15 is 0 Å².